The van der Waals surface area contributed by atoms with Crippen molar-refractivity contribution in [2.45, 2.75) is 19.3 Å². The molecule has 0 bridgehead atoms. The predicted octanol–water partition coefficient (Wildman–Crippen LogP) is 3.06. The summed E-state index contributed by atoms with van der Waals surface area (Å²) in [6.07, 6.45) is 6.19. The summed E-state index contributed by atoms with van der Waals surface area (Å²) >= 11 is 0. The molecule has 0 unspecified atom stereocenters. The number of carbonyl (C=O) groups is 1. The topological polar surface area (TPSA) is 105 Å². The summed E-state index contributed by atoms with van der Waals surface area (Å²) in [4.78, 5) is 44.6. The fraction of sp³-hybridized carbons (Fsp3) is 0.310. The molecule has 2 aromatic carbocycles. The molecule has 2 aromatic heterocycles. The van der Waals surface area contributed by atoms with Crippen LogP contribution in [0.25, 0.3) is 16.7 Å². The van der Waals surface area contributed by atoms with E-state index in [0.29, 0.717) is 11.6 Å². The summed E-state index contributed by atoms with van der Waals surface area (Å²) in [6, 6.07) is 14.4. The molecule has 6 rings (SSSR count). The molecule has 2 N–H and O–H groups in total. The zero-order valence-electron chi connectivity index (χ0n) is 22.1. The SMILES string of the molecule is CONC(=O)c1cn(-c2ccc3c(c2)CCC3)c2nc(Nc3cccc(N4CCN(C)CC4)c3)ncc2c1=O. The standard InChI is InChI=1S/C29H31N7O3/c1-34-11-13-35(14-12-34)22-8-4-7-21(16-22)31-29-30-17-24-26(37)25(28(38)33-39-2)18-36(27(24)32-29)23-10-9-19-5-3-6-20(19)15-23/h4,7-10,15-18H,3,5-6,11-14H2,1-2H3,(H,33,38)(H,30,31,32). The predicted molar refractivity (Wildman–Crippen MR) is 151 cm³/mol. The van der Waals surface area contributed by atoms with Crippen molar-refractivity contribution in [3.63, 3.8) is 0 Å². The zero-order chi connectivity index (χ0) is 26.9. The summed E-state index contributed by atoms with van der Waals surface area (Å²) in [6.45, 7) is 3.99. The third-order valence-corrected chi connectivity index (χ3v) is 7.51. The van der Waals surface area contributed by atoms with E-state index in [1.54, 1.807) is 4.57 Å². The van der Waals surface area contributed by atoms with Crippen LogP contribution in [0.1, 0.15) is 27.9 Å². The van der Waals surface area contributed by atoms with Gasteiger partial charge in [-0.05, 0) is 67.8 Å². The number of piperazine rings is 1. The number of hydrogen-bond donors (Lipinski definition) is 2. The van der Waals surface area contributed by atoms with E-state index in [0.717, 1.165) is 62.5 Å². The molecular weight excluding hydrogens is 494 g/mol. The Morgan fingerprint density at radius 3 is 2.64 bits per heavy atom. The zero-order valence-corrected chi connectivity index (χ0v) is 22.1. The van der Waals surface area contributed by atoms with E-state index in [1.807, 2.05) is 18.2 Å². The highest BCUT2D eigenvalue weighted by atomic mass is 16.6. The highest BCUT2D eigenvalue weighted by Gasteiger charge is 2.20. The van der Waals surface area contributed by atoms with Gasteiger partial charge in [-0.25, -0.2) is 10.5 Å². The minimum absolute atomic E-state index is 0.0472. The summed E-state index contributed by atoms with van der Waals surface area (Å²) in [5.74, 6) is -0.260. The maximum Gasteiger partial charge on any atom is 0.280 e. The van der Waals surface area contributed by atoms with Gasteiger partial charge in [0.05, 0.1) is 12.5 Å². The second kappa shape index (κ2) is 10.5. The number of carbonyl (C=O) groups excluding carboxylic acids is 1. The number of hydroxylamine groups is 1. The average molecular weight is 526 g/mol. The molecule has 1 aliphatic carbocycles. The summed E-state index contributed by atoms with van der Waals surface area (Å²) in [7, 11) is 3.47. The van der Waals surface area contributed by atoms with Crippen LogP contribution in [-0.4, -0.2) is 65.7 Å². The number of fused-ring (bicyclic) bond motifs is 2. The highest BCUT2D eigenvalue weighted by Crippen LogP contribution is 2.27. The third-order valence-electron chi connectivity index (χ3n) is 7.51. The van der Waals surface area contributed by atoms with Crippen molar-refractivity contribution < 1.29 is 9.63 Å². The molecular formula is C29H31N7O3. The molecule has 200 valence electrons. The smallest absolute Gasteiger partial charge is 0.280 e. The number of aromatic nitrogens is 3. The number of nitrogens with zero attached hydrogens (tertiary/aromatic N) is 5. The van der Waals surface area contributed by atoms with Crippen LogP contribution in [-0.2, 0) is 17.7 Å². The van der Waals surface area contributed by atoms with Crippen LogP contribution in [0.15, 0.2) is 59.7 Å². The summed E-state index contributed by atoms with van der Waals surface area (Å²) in [5.41, 5.74) is 7.59. The summed E-state index contributed by atoms with van der Waals surface area (Å²) in [5, 5.41) is 3.55. The van der Waals surface area contributed by atoms with Gasteiger partial charge in [-0.3, -0.25) is 14.4 Å². The molecule has 39 heavy (non-hydrogen) atoms. The van der Waals surface area contributed by atoms with Crippen molar-refractivity contribution in [3.05, 3.63) is 81.8 Å². The number of anilines is 3. The Morgan fingerprint density at radius 1 is 1.00 bits per heavy atom. The van der Waals surface area contributed by atoms with Crippen LogP contribution in [0.2, 0.25) is 0 Å². The molecule has 2 aliphatic rings. The lowest BCUT2D eigenvalue weighted by Crippen LogP contribution is -2.44. The molecule has 1 fully saturated rings. The van der Waals surface area contributed by atoms with E-state index in [2.05, 4.69) is 56.9 Å². The van der Waals surface area contributed by atoms with Gasteiger partial charge >= 0.3 is 0 Å². The molecule has 10 nitrogen and oxygen atoms in total. The minimum Gasteiger partial charge on any atom is -0.369 e. The molecule has 1 aliphatic heterocycles. The maximum absolute atomic E-state index is 13.3. The average Bonchev–Trinajstić information content (AvgIpc) is 3.42. The first-order chi connectivity index (χ1) is 19.0. The number of hydrogen-bond acceptors (Lipinski definition) is 8. The van der Waals surface area contributed by atoms with E-state index in [1.165, 1.54) is 30.6 Å². The maximum atomic E-state index is 13.3. The second-order valence-electron chi connectivity index (χ2n) is 10.1. The Hall–Kier alpha value is -4.28. The number of nitrogens with one attached hydrogen (secondary N) is 2. The van der Waals surface area contributed by atoms with Crippen LogP contribution < -0.4 is 21.1 Å². The number of amides is 1. The first kappa shape index (κ1) is 25.0. The fourth-order valence-corrected chi connectivity index (χ4v) is 5.36. The number of rotatable bonds is 6. The van der Waals surface area contributed by atoms with Crippen molar-refractivity contribution in [2.75, 3.05) is 50.6 Å². The van der Waals surface area contributed by atoms with Gasteiger partial charge in [-0.1, -0.05) is 12.1 Å². The van der Waals surface area contributed by atoms with Crippen molar-refractivity contribution in [3.8, 4) is 5.69 Å². The van der Waals surface area contributed by atoms with E-state index < -0.39 is 11.3 Å². The normalized spacial score (nSPS) is 15.4. The summed E-state index contributed by atoms with van der Waals surface area (Å²) < 4.78 is 1.79. The van der Waals surface area contributed by atoms with Crippen LogP contribution >= 0.6 is 0 Å². The van der Waals surface area contributed by atoms with Gasteiger partial charge in [0, 0.05) is 55.6 Å². The van der Waals surface area contributed by atoms with Crippen LogP contribution in [0.4, 0.5) is 17.3 Å². The molecule has 0 spiro atoms. The monoisotopic (exact) mass is 525 g/mol. The molecule has 0 radical (unpaired) electrons. The Balaban J connectivity index is 1.40. The van der Waals surface area contributed by atoms with Crippen molar-refractivity contribution in [1.29, 1.82) is 0 Å². The Kier molecular flexibility index (Phi) is 6.72. The quantitative estimate of drug-likeness (QED) is 0.370. The minimum atomic E-state index is -0.623. The number of likely N-dealkylation sites (N-methyl/N-ethyl adjacent to an activating group) is 1. The van der Waals surface area contributed by atoms with Crippen molar-refractivity contribution in [1.82, 2.24) is 24.9 Å². The van der Waals surface area contributed by atoms with Gasteiger partial charge in [0.1, 0.15) is 5.56 Å². The fourth-order valence-electron chi connectivity index (χ4n) is 5.36. The van der Waals surface area contributed by atoms with Crippen LogP contribution in [0.3, 0.4) is 0 Å². The highest BCUT2D eigenvalue weighted by molar-refractivity contribution is 5.96. The molecule has 10 heteroatoms. The lowest BCUT2D eigenvalue weighted by molar-refractivity contribution is 0.0536. The second-order valence-corrected chi connectivity index (χ2v) is 10.1. The van der Waals surface area contributed by atoms with Gasteiger partial charge in [0.25, 0.3) is 5.91 Å². The van der Waals surface area contributed by atoms with E-state index >= 15 is 0 Å². The van der Waals surface area contributed by atoms with E-state index in [-0.39, 0.29) is 10.9 Å². The molecule has 1 amide bonds. The van der Waals surface area contributed by atoms with Gasteiger partial charge < -0.3 is 19.7 Å². The molecule has 0 saturated carbocycles. The first-order valence-electron chi connectivity index (χ1n) is 13.2. The number of pyridine rings is 1. The lowest BCUT2D eigenvalue weighted by atomic mass is 10.1. The molecule has 4 aromatic rings. The molecule has 1 saturated heterocycles. The molecule has 0 atom stereocenters. The third kappa shape index (κ3) is 4.96. The van der Waals surface area contributed by atoms with Gasteiger partial charge in [0.2, 0.25) is 11.4 Å². The van der Waals surface area contributed by atoms with Gasteiger partial charge in [-0.2, -0.15) is 4.98 Å². The molecule has 3 heterocycles. The van der Waals surface area contributed by atoms with Crippen LogP contribution in [0.5, 0.6) is 0 Å². The van der Waals surface area contributed by atoms with Gasteiger partial charge in [-0.15, -0.1) is 0 Å². The van der Waals surface area contributed by atoms with E-state index in [9.17, 15) is 9.59 Å². The van der Waals surface area contributed by atoms with Crippen LogP contribution in [0, 0.1) is 0 Å². The Labute approximate surface area is 226 Å². The lowest BCUT2D eigenvalue weighted by Gasteiger charge is -2.34. The van der Waals surface area contributed by atoms with Crippen molar-refractivity contribution >= 4 is 34.3 Å². The van der Waals surface area contributed by atoms with Crippen molar-refractivity contribution in [2.24, 2.45) is 0 Å². The first-order valence-corrected chi connectivity index (χ1v) is 13.2. The Bertz CT molecular complexity index is 1610. The number of aryl methyl sites for hydroxylation is 2. The van der Waals surface area contributed by atoms with E-state index in [4.69, 9.17) is 9.82 Å². The van der Waals surface area contributed by atoms with Gasteiger partial charge in [0.15, 0.2) is 5.65 Å². The Morgan fingerprint density at radius 2 is 1.82 bits per heavy atom. The largest absolute Gasteiger partial charge is 0.369 e. The number of benzene rings is 2.